The average Bonchev–Trinajstić information content (AvgIpc) is 2.91. The van der Waals surface area contributed by atoms with E-state index < -0.39 is 6.10 Å². The molecule has 1 aromatic heterocycles. The molecule has 4 rings (SSSR count). The van der Waals surface area contributed by atoms with Gasteiger partial charge in [0.1, 0.15) is 12.6 Å². The summed E-state index contributed by atoms with van der Waals surface area (Å²) in [4.78, 5) is 1.53. The molecule has 0 saturated carbocycles. The lowest BCUT2D eigenvalue weighted by Crippen LogP contribution is -3.20. The van der Waals surface area contributed by atoms with Gasteiger partial charge in [0, 0.05) is 31.9 Å². The molecule has 5 heteroatoms. The Morgan fingerprint density at radius 2 is 1.52 bits per heavy atom. The number of rotatable bonds is 4. The molecule has 0 amide bonds. The molecule has 2 aromatic carbocycles. The number of aromatic nitrogens is 1. The Bertz CT molecular complexity index is 899. The van der Waals surface area contributed by atoms with Crippen LogP contribution in [0.15, 0.2) is 36.4 Å². The van der Waals surface area contributed by atoms with Crippen LogP contribution in [0.5, 0.6) is 0 Å². The normalized spacial score (nSPS) is 22.6. The summed E-state index contributed by atoms with van der Waals surface area (Å²) >= 11 is 12.5. The van der Waals surface area contributed by atoms with E-state index in [-0.39, 0.29) is 0 Å². The van der Waals surface area contributed by atoms with Crippen LogP contribution in [0.2, 0.25) is 10.0 Å². The summed E-state index contributed by atoms with van der Waals surface area (Å²) in [6.45, 7) is 5.97. The fraction of sp³-hybridized carbons (Fsp3) is 0.455. The van der Waals surface area contributed by atoms with Crippen LogP contribution in [0, 0.1) is 0 Å². The quantitative estimate of drug-likeness (QED) is 0.665. The predicted octanol–water partition coefficient (Wildman–Crippen LogP) is 4.31. The molecular weight excluding hydrogens is 379 g/mol. The zero-order valence-corrected chi connectivity index (χ0v) is 17.4. The van der Waals surface area contributed by atoms with Crippen LogP contribution < -0.4 is 4.90 Å². The first-order chi connectivity index (χ1) is 12.9. The Kier molecular flexibility index (Phi) is 5.39. The zero-order valence-electron chi connectivity index (χ0n) is 15.9. The molecule has 0 unspecified atom stereocenters. The number of nitrogens with one attached hydrogen (secondary N) is 1. The molecule has 3 nitrogen and oxygen atoms in total. The van der Waals surface area contributed by atoms with Crippen molar-refractivity contribution in [3.63, 3.8) is 0 Å². The predicted molar refractivity (Wildman–Crippen MR) is 114 cm³/mol. The lowest BCUT2D eigenvalue weighted by molar-refractivity contribution is -0.954. The molecule has 1 saturated heterocycles. The zero-order chi connectivity index (χ0) is 19.1. The number of benzene rings is 2. The van der Waals surface area contributed by atoms with Gasteiger partial charge in [-0.25, -0.2) is 0 Å². The third-order valence-electron chi connectivity index (χ3n) is 6.19. The first-order valence-electron chi connectivity index (χ1n) is 9.84. The van der Waals surface area contributed by atoms with Crippen molar-refractivity contribution in [1.29, 1.82) is 0 Å². The van der Waals surface area contributed by atoms with Crippen LogP contribution in [0.4, 0.5) is 0 Å². The van der Waals surface area contributed by atoms with Crippen molar-refractivity contribution in [2.75, 3.05) is 6.54 Å². The fourth-order valence-corrected chi connectivity index (χ4v) is 5.13. The smallest absolute Gasteiger partial charge is 0.121 e. The van der Waals surface area contributed by atoms with Crippen molar-refractivity contribution in [2.45, 2.75) is 57.8 Å². The maximum Gasteiger partial charge on any atom is 0.121 e. The summed E-state index contributed by atoms with van der Waals surface area (Å²) in [5.74, 6) is 0. The standard InChI is InChI=1S/C22H26Cl2N2O/c1-14-4-3-5-15(2)25(14)12-18(27)13-26-21-8-6-16(23)10-19(21)20-11-17(24)7-9-22(20)26/h6-11,14-15,18,27H,3-5,12-13H2,1-2H3/p+1/t14-,15-,18+/m1/s1. The van der Waals surface area contributed by atoms with Crippen LogP contribution >= 0.6 is 23.2 Å². The first-order valence-corrected chi connectivity index (χ1v) is 10.6. The third kappa shape index (κ3) is 3.71. The van der Waals surface area contributed by atoms with E-state index in [4.69, 9.17) is 23.2 Å². The van der Waals surface area contributed by atoms with Crippen molar-refractivity contribution in [1.82, 2.24) is 4.57 Å². The third-order valence-corrected chi connectivity index (χ3v) is 6.66. The summed E-state index contributed by atoms with van der Waals surface area (Å²) in [5.41, 5.74) is 2.18. The molecule has 0 aliphatic carbocycles. The van der Waals surface area contributed by atoms with Crippen LogP contribution in [0.25, 0.3) is 21.8 Å². The molecule has 144 valence electrons. The van der Waals surface area contributed by atoms with E-state index in [9.17, 15) is 5.11 Å². The van der Waals surface area contributed by atoms with Crippen LogP contribution in [-0.2, 0) is 6.54 Å². The van der Waals surface area contributed by atoms with Crippen LogP contribution in [-0.4, -0.2) is 34.4 Å². The molecule has 1 aliphatic rings. The number of quaternary nitrogens is 1. The minimum atomic E-state index is -0.395. The Hall–Kier alpha value is -1.26. The second kappa shape index (κ2) is 7.63. The minimum Gasteiger partial charge on any atom is -0.385 e. The molecule has 1 aliphatic heterocycles. The monoisotopic (exact) mass is 405 g/mol. The number of nitrogens with zero attached hydrogens (tertiary/aromatic N) is 1. The number of likely N-dealkylation sites (tertiary alicyclic amines) is 1. The van der Waals surface area contributed by atoms with E-state index in [0.29, 0.717) is 28.7 Å². The van der Waals surface area contributed by atoms with Gasteiger partial charge in [0.25, 0.3) is 0 Å². The molecule has 0 radical (unpaired) electrons. The van der Waals surface area contributed by atoms with E-state index in [1.54, 1.807) is 0 Å². The lowest BCUT2D eigenvalue weighted by atomic mass is 9.97. The van der Waals surface area contributed by atoms with Gasteiger partial charge in [-0.1, -0.05) is 23.2 Å². The number of hydrogen-bond acceptors (Lipinski definition) is 1. The minimum absolute atomic E-state index is 0.395. The summed E-state index contributed by atoms with van der Waals surface area (Å²) in [6, 6.07) is 13.1. The fourth-order valence-electron chi connectivity index (χ4n) is 4.78. The van der Waals surface area contributed by atoms with Gasteiger partial charge in [-0.15, -0.1) is 0 Å². The number of hydrogen-bond donors (Lipinski definition) is 2. The highest BCUT2D eigenvalue weighted by Gasteiger charge is 2.30. The van der Waals surface area contributed by atoms with Crippen LogP contribution in [0.1, 0.15) is 33.1 Å². The highest BCUT2D eigenvalue weighted by Crippen LogP contribution is 2.33. The summed E-state index contributed by atoms with van der Waals surface area (Å²) in [6.07, 6.45) is 3.40. The maximum atomic E-state index is 10.9. The number of fused-ring (bicyclic) bond motifs is 3. The number of halogens is 2. The maximum absolute atomic E-state index is 10.9. The molecule has 0 bridgehead atoms. The van der Waals surface area contributed by atoms with Gasteiger partial charge < -0.3 is 14.6 Å². The van der Waals surface area contributed by atoms with Gasteiger partial charge in [-0.05, 0) is 69.5 Å². The second-order valence-corrected chi connectivity index (χ2v) is 8.97. The van der Waals surface area contributed by atoms with Gasteiger partial charge in [-0.2, -0.15) is 0 Å². The van der Waals surface area contributed by atoms with Crippen LogP contribution in [0.3, 0.4) is 0 Å². The molecule has 27 heavy (non-hydrogen) atoms. The topological polar surface area (TPSA) is 29.6 Å². The van der Waals surface area contributed by atoms with Crippen molar-refractivity contribution >= 4 is 45.0 Å². The van der Waals surface area contributed by atoms with Crippen molar-refractivity contribution in [2.24, 2.45) is 0 Å². The lowest BCUT2D eigenvalue weighted by Gasteiger charge is -2.37. The Morgan fingerprint density at radius 1 is 1.00 bits per heavy atom. The highest BCUT2D eigenvalue weighted by molar-refractivity contribution is 6.33. The Morgan fingerprint density at radius 3 is 2.04 bits per heavy atom. The van der Waals surface area contributed by atoms with Gasteiger partial charge in [-0.3, -0.25) is 0 Å². The van der Waals surface area contributed by atoms with Gasteiger partial charge in [0.15, 0.2) is 0 Å². The van der Waals surface area contributed by atoms with Gasteiger partial charge in [0.2, 0.25) is 0 Å². The molecule has 3 atom stereocenters. The number of aliphatic hydroxyl groups is 1. The van der Waals surface area contributed by atoms with E-state index in [1.165, 1.54) is 24.2 Å². The molecular formula is C22H27Cl2N2O+. The largest absolute Gasteiger partial charge is 0.385 e. The van der Waals surface area contributed by atoms with Gasteiger partial charge >= 0.3 is 0 Å². The number of aliphatic hydroxyl groups excluding tert-OH is 1. The first kappa shape index (κ1) is 19.1. The average molecular weight is 406 g/mol. The van der Waals surface area contributed by atoms with Gasteiger partial charge in [0.05, 0.1) is 18.6 Å². The van der Waals surface area contributed by atoms with Crippen molar-refractivity contribution in [3.05, 3.63) is 46.4 Å². The Labute approximate surface area is 170 Å². The second-order valence-electron chi connectivity index (χ2n) is 8.10. The molecule has 1 fully saturated rings. The molecule has 2 N–H and O–H groups in total. The van der Waals surface area contributed by atoms with E-state index >= 15 is 0 Å². The Balaban J connectivity index is 1.68. The highest BCUT2D eigenvalue weighted by atomic mass is 35.5. The van der Waals surface area contributed by atoms with Crippen molar-refractivity contribution in [3.8, 4) is 0 Å². The number of piperidine rings is 1. The summed E-state index contributed by atoms with van der Waals surface area (Å²) in [5, 5.41) is 14.5. The van der Waals surface area contributed by atoms with E-state index in [1.807, 2.05) is 36.4 Å². The SMILES string of the molecule is C[C@@H]1CCC[C@@H](C)[NH+]1C[C@H](O)Cn1c2ccc(Cl)cc2c2cc(Cl)ccc21. The van der Waals surface area contributed by atoms with E-state index in [2.05, 4.69) is 18.4 Å². The molecule has 0 spiro atoms. The molecule has 3 aromatic rings. The summed E-state index contributed by atoms with van der Waals surface area (Å²) < 4.78 is 2.21. The summed E-state index contributed by atoms with van der Waals surface area (Å²) in [7, 11) is 0. The van der Waals surface area contributed by atoms with Crippen molar-refractivity contribution < 1.29 is 10.0 Å². The van der Waals surface area contributed by atoms with E-state index in [0.717, 1.165) is 28.4 Å². The molecule has 2 heterocycles.